The molecule has 6 nitrogen and oxygen atoms in total. The van der Waals surface area contributed by atoms with Crippen molar-refractivity contribution in [1.29, 1.82) is 0 Å². The van der Waals surface area contributed by atoms with Crippen molar-refractivity contribution in [3.63, 3.8) is 0 Å². The molecule has 60 heavy (non-hydrogen) atoms. The van der Waals surface area contributed by atoms with Gasteiger partial charge in [0, 0.05) is 19.3 Å². The molecule has 1 atom stereocenters. The Labute approximate surface area is 372 Å². The van der Waals surface area contributed by atoms with E-state index in [1.54, 1.807) is 0 Å². The molecule has 0 aromatic carbocycles. The number of allylic oxidation sites excluding steroid dienone is 6. The van der Waals surface area contributed by atoms with E-state index in [1.807, 2.05) is 0 Å². The van der Waals surface area contributed by atoms with E-state index in [0.29, 0.717) is 19.3 Å². The number of hydrogen-bond acceptors (Lipinski definition) is 6. The van der Waals surface area contributed by atoms with Crippen LogP contribution >= 0.6 is 0 Å². The fraction of sp³-hybridized carbons (Fsp3) is 0.833. The fourth-order valence-electron chi connectivity index (χ4n) is 7.35. The second-order valence-corrected chi connectivity index (χ2v) is 17.4. The molecule has 0 amide bonds. The number of esters is 3. The highest BCUT2D eigenvalue weighted by molar-refractivity contribution is 5.71. The summed E-state index contributed by atoms with van der Waals surface area (Å²) in [4.78, 5) is 37.9. The number of ether oxygens (including phenoxy) is 3. The summed E-state index contributed by atoms with van der Waals surface area (Å²) in [5.74, 6) is -0.895. The molecule has 0 aromatic rings. The van der Waals surface area contributed by atoms with Gasteiger partial charge < -0.3 is 14.2 Å². The van der Waals surface area contributed by atoms with Gasteiger partial charge in [0.1, 0.15) is 13.2 Å². The van der Waals surface area contributed by atoms with Crippen LogP contribution in [0.1, 0.15) is 271 Å². The molecule has 0 aliphatic heterocycles. The Morgan fingerprint density at radius 2 is 0.567 bits per heavy atom. The smallest absolute Gasteiger partial charge is 0.306 e. The lowest BCUT2D eigenvalue weighted by molar-refractivity contribution is -0.167. The summed E-state index contributed by atoms with van der Waals surface area (Å²) in [7, 11) is 0. The van der Waals surface area contributed by atoms with Gasteiger partial charge in [-0.05, 0) is 89.9 Å². The number of rotatable bonds is 47. The van der Waals surface area contributed by atoms with Crippen LogP contribution in [0.2, 0.25) is 0 Å². The summed E-state index contributed by atoms with van der Waals surface area (Å²) in [6.07, 6.45) is 57.0. The van der Waals surface area contributed by atoms with Crippen LogP contribution in [0.5, 0.6) is 0 Å². The molecule has 350 valence electrons. The van der Waals surface area contributed by atoms with E-state index >= 15 is 0 Å². The molecular formula is C54H98O6. The SMILES string of the molecule is CCCC/C=C\CCCCCCCC(=O)OCC(COC(=O)CCCCCCCCC/C=C\CCCCCCCCCC)OC(=O)CCCCCCC/C=C\CCCCC. The fourth-order valence-corrected chi connectivity index (χ4v) is 7.35. The Morgan fingerprint density at radius 1 is 0.317 bits per heavy atom. The van der Waals surface area contributed by atoms with Gasteiger partial charge in [-0.3, -0.25) is 14.4 Å². The second kappa shape index (κ2) is 49.3. The molecule has 6 heteroatoms. The van der Waals surface area contributed by atoms with Crippen molar-refractivity contribution in [3.05, 3.63) is 36.5 Å². The van der Waals surface area contributed by atoms with E-state index < -0.39 is 6.10 Å². The van der Waals surface area contributed by atoms with Crippen LogP contribution in [0.4, 0.5) is 0 Å². The third-order valence-electron chi connectivity index (χ3n) is 11.3. The Morgan fingerprint density at radius 3 is 0.917 bits per heavy atom. The Bertz CT molecular complexity index is 1020. The minimum atomic E-state index is -0.778. The standard InChI is InChI=1S/C54H98O6/c1-4-7-10-13-16-19-22-24-25-26-27-28-29-30-33-35-38-41-44-47-53(56)59-50-51(49-58-52(55)46-43-40-37-34-31-21-18-15-12-9-6-3)60-54(57)48-45-42-39-36-32-23-20-17-14-11-8-5-2/h15,17-18,20,26-27,51H,4-14,16,19,21-25,28-50H2,1-3H3/b18-15-,20-17-,27-26-. The minimum absolute atomic E-state index is 0.0791. The largest absolute Gasteiger partial charge is 0.462 e. The van der Waals surface area contributed by atoms with E-state index in [-0.39, 0.29) is 31.1 Å². The quantitative estimate of drug-likeness (QED) is 0.0263. The van der Waals surface area contributed by atoms with Crippen LogP contribution < -0.4 is 0 Å². The molecule has 0 spiro atoms. The van der Waals surface area contributed by atoms with Crippen LogP contribution in [0.3, 0.4) is 0 Å². The average Bonchev–Trinajstić information content (AvgIpc) is 3.24. The maximum atomic E-state index is 12.8. The van der Waals surface area contributed by atoms with Gasteiger partial charge in [-0.2, -0.15) is 0 Å². The zero-order valence-corrected chi connectivity index (χ0v) is 40.0. The second-order valence-electron chi connectivity index (χ2n) is 17.4. The zero-order valence-electron chi connectivity index (χ0n) is 40.0. The lowest BCUT2D eigenvalue weighted by Crippen LogP contribution is -2.30. The van der Waals surface area contributed by atoms with E-state index in [2.05, 4.69) is 57.2 Å². The molecule has 0 aliphatic carbocycles. The van der Waals surface area contributed by atoms with Gasteiger partial charge in [-0.15, -0.1) is 0 Å². The van der Waals surface area contributed by atoms with Gasteiger partial charge in [0.2, 0.25) is 0 Å². The van der Waals surface area contributed by atoms with Crippen molar-refractivity contribution < 1.29 is 28.6 Å². The first-order valence-corrected chi connectivity index (χ1v) is 26.0. The van der Waals surface area contributed by atoms with Crippen molar-refractivity contribution in [1.82, 2.24) is 0 Å². The number of unbranched alkanes of at least 4 members (excludes halogenated alkanes) is 30. The highest BCUT2D eigenvalue weighted by atomic mass is 16.6. The number of carbonyl (C=O) groups is 3. The predicted octanol–water partition coefficient (Wildman–Crippen LogP) is 16.9. The molecule has 0 bridgehead atoms. The summed E-state index contributed by atoms with van der Waals surface area (Å²) in [5.41, 5.74) is 0. The highest BCUT2D eigenvalue weighted by Crippen LogP contribution is 2.15. The van der Waals surface area contributed by atoms with Gasteiger partial charge in [0.25, 0.3) is 0 Å². The molecule has 0 fully saturated rings. The topological polar surface area (TPSA) is 78.9 Å². The third-order valence-corrected chi connectivity index (χ3v) is 11.3. The maximum absolute atomic E-state index is 12.8. The molecule has 0 radical (unpaired) electrons. The summed E-state index contributed by atoms with van der Waals surface area (Å²) in [6.45, 7) is 6.57. The molecule has 1 unspecified atom stereocenters. The lowest BCUT2D eigenvalue weighted by Gasteiger charge is -2.18. The minimum Gasteiger partial charge on any atom is -0.462 e. The zero-order chi connectivity index (χ0) is 43.7. The van der Waals surface area contributed by atoms with E-state index in [9.17, 15) is 14.4 Å². The molecule has 0 saturated carbocycles. The van der Waals surface area contributed by atoms with E-state index in [4.69, 9.17) is 14.2 Å². The van der Waals surface area contributed by atoms with Crippen LogP contribution in [0, 0.1) is 0 Å². The average molecular weight is 843 g/mol. The van der Waals surface area contributed by atoms with E-state index in [1.165, 1.54) is 154 Å². The maximum Gasteiger partial charge on any atom is 0.306 e. The molecule has 0 aliphatic rings. The molecule has 0 heterocycles. The van der Waals surface area contributed by atoms with Crippen LogP contribution in [-0.2, 0) is 28.6 Å². The van der Waals surface area contributed by atoms with Crippen molar-refractivity contribution >= 4 is 17.9 Å². The van der Waals surface area contributed by atoms with Gasteiger partial charge in [0.05, 0.1) is 0 Å². The first-order chi connectivity index (χ1) is 29.5. The normalized spacial score (nSPS) is 12.2. The Kier molecular flexibility index (Phi) is 47.3. The van der Waals surface area contributed by atoms with Gasteiger partial charge in [0.15, 0.2) is 6.10 Å². The highest BCUT2D eigenvalue weighted by Gasteiger charge is 2.19. The first-order valence-electron chi connectivity index (χ1n) is 26.0. The molecule has 0 rings (SSSR count). The predicted molar refractivity (Wildman–Crippen MR) is 256 cm³/mol. The van der Waals surface area contributed by atoms with Gasteiger partial charge >= 0.3 is 17.9 Å². The molecule has 0 saturated heterocycles. The molecule has 0 N–H and O–H groups in total. The number of hydrogen-bond donors (Lipinski definition) is 0. The van der Waals surface area contributed by atoms with Crippen molar-refractivity contribution in [2.75, 3.05) is 13.2 Å². The van der Waals surface area contributed by atoms with Crippen molar-refractivity contribution in [2.45, 2.75) is 277 Å². The van der Waals surface area contributed by atoms with Crippen LogP contribution in [0.25, 0.3) is 0 Å². The molecule has 0 aromatic heterocycles. The van der Waals surface area contributed by atoms with Gasteiger partial charge in [-0.1, -0.05) is 198 Å². The summed E-state index contributed by atoms with van der Waals surface area (Å²) < 4.78 is 16.8. The van der Waals surface area contributed by atoms with Crippen LogP contribution in [0.15, 0.2) is 36.5 Å². The summed E-state index contributed by atoms with van der Waals surface area (Å²) in [5, 5.41) is 0. The Balaban J connectivity index is 4.31. The van der Waals surface area contributed by atoms with Crippen molar-refractivity contribution in [3.8, 4) is 0 Å². The van der Waals surface area contributed by atoms with E-state index in [0.717, 1.165) is 77.0 Å². The Hall–Kier alpha value is -2.37. The first kappa shape index (κ1) is 57.6. The summed E-state index contributed by atoms with van der Waals surface area (Å²) >= 11 is 0. The monoisotopic (exact) mass is 843 g/mol. The number of carbonyl (C=O) groups excluding carboxylic acids is 3. The lowest BCUT2D eigenvalue weighted by atomic mass is 10.1. The molecular weight excluding hydrogens is 745 g/mol. The van der Waals surface area contributed by atoms with Gasteiger partial charge in [-0.25, -0.2) is 0 Å². The van der Waals surface area contributed by atoms with Crippen molar-refractivity contribution in [2.24, 2.45) is 0 Å². The summed E-state index contributed by atoms with van der Waals surface area (Å²) in [6, 6.07) is 0. The third kappa shape index (κ3) is 46.7. The van der Waals surface area contributed by atoms with Crippen LogP contribution in [-0.4, -0.2) is 37.2 Å².